The maximum absolute atomic E-state index is 12.8. The number of nitrogens with zero attached hydrogens (tertiary/aromatic N) is 2. The molecule has 0 saturated carbocycles. The molecule has 1 atom stereocenters. The van der Waals surface area contributed by atoms with E-state index in [4.69, 9.17) is 26.8 Å². The molecular weight excluding hydrogens is 346 g/mol. The van der Waals surface area contributed by atoms with E-state index in [9.17, 15) is 9.59 Å². The SMILES string of the molecule is COc1cc(N)c(Cl)cc1C(=O)N1CCN(C(=O)C2CCCO2)CC1. The normalized spacial score (nSPS) is 20.6. The largest absolute Gasteiger partial charge is 0.496 e. The Morgan fingerprint density at radius 3 is 2.52 bits per heavy atom. The smallest absolute Gasteiger partial charge is 0.257 e. The van der Waals surface area contributed by atoms with Gasteiger partial charge in [-0.15, -0.1) is 0 Å². The summed E-state index contributed by atoms with van der Waals surface area (Å²) in [5, 5.41) is 0.316. The highest BCUT2D eigenvalue weighted by molar-refractivity contribution is 6.33. The maximum Gasteiger partial charge on any atom is 0.257 e. The highest BCUT2D eigenvalue weighted by Gasteiger charge is 2.32. The van der Waals surface area contributed by atoms with Gasteiger partial charge >= 0.3 is 0 Å². The number of nitrogens with two attached hydrogens (primary N) is 1. The molecule has 7 nitrogen and oxygen atoms in total. The van der Waals surface area contributed by atoms with E-state index in [1.165, 1.54) is 13.2 Å². The van der Waals surface area contributed by atoms with Crippen LogP contribution in [0.5, 0.6) is 5.75 Å². The van der Waals surface area contributed by atoms with Gasteiger partial charge in [0.25, 0.3) is 11.8 Å². The second-order valence-electron chi connectivity index (χ2n) is 6.19. The topological polar surface area (TPSA) is 85.1 Å². The van der Waals surface area contributed by atoms with Gasteiger partial charge in [0, 0.05) is 38.9 Å². The number of hydrogen-bond acceptors (Lipinski definition) is 5. The van der Waals surface area contributed by atoms with Crippen LogP contribution in [0.1, 0.15) is 23.2 Å². The van der Waals surface area contributed by atoms with Crippen LogP contribution in [0, 0.1) is 0 Å². The first kappa shape index (κ1) is 17.8. The number of methoxy groups -OCH3 is 1. The Hall–Kier alpha value is -1.99. The molecular formula is C17H22ClN3O4. The number of benzene rings is 1. The molecule has 0 aromatic heterocycles. The van der Waals surface area contributed by atoms with E-state index >= 15 is 0 Å². The van der Waals surface area contributed by atoms with Gasteiger partial charge in [-0.05, 0) is 18.9 Å². The average Bonchev–Trinajstić information content (AvgIpc) is 3.17. The van der Waals surface area contributed by atoms with Gasteiger partial charge in [-0.1, -0.05) is 11.6 Å². The lowest BCUT2D eigenvalue weighted by Crippen LogP contribution is -2.52. The van der Waals surface area contributed by atoms with Crippen molar-refractivity contribution in [2.75, 3.05) is 45.6 Å². The van der Waals surface area contributed by atoms with Crippen LogP contribution in [0.3, 0.4) is 0 Å². The summed E-state index contributed by atoms with van der Waals surface area (Å²) in [6, 6.07) is 3.08. The van der Waals surface area contributed by atoms with Crippen LogP contribution < -0.4 is 10.5 Å². The van der Waals surface area contributed by atoms with Crippen LogP contribution >= 0.6 is 11.6 Å². The Morgan fingerprint density at radius 2 is 1.92 bits per heavy atom. The van der Waals surface area contributed by atoms with Gasteiger partial charge < -0.3 is 25.0 Å². The number of carbonyl (C=O) groups excluding carboxylic acids is 2. The van der Waals surface area contributed by atoms with E-state index in [1.54, 1.807) is 15.9 Å². The third-order valence-electron chi connectivity index (χ3n) is 4.63. The van der Waals surface area contributed by atoms with E-state index < -0.39 is 0 Å². The van der Waals surface area contributed by atoms with Crippen molar-refractivity contribution in [1.29, 1.82) is 0 Å². The highest BCUT2D eigenvalue weighted by atomic mass is 35.5. The van der Waals surface area contributed by atoms with Crippen molar-refractivity contribution in [3.8, 4) is 5.75 Å². The Kier molecular flexibility index (Phi) is 5.34. The molecule has 1 aromatic rings. The zero-order valence-corrected chi connectivity index (χ0v) is 14.9. The van der Waals surface area contributed by atoms with Crippen LogP contribution in [0.4, 0.5) is 5.69 Å². The number of anilines is 1. The van der Waals surface area contributed by atoms with Crippen LogP contribution in [-0.4, -0.2) is 67.6 Å². The molecule has 2 N–H and O–H groups in total. The number of halogens is 1. The predicted octanol–water partition coefficient (Wildman–Crippen LogP) is 1.39. The fourth-order valence-corrected chi connectivity index (χ4v) is 3.35. The zero-order chi connectivity index (χ0) is 18.0. The van der Waals surface area contributed by atoms with Crippen molar-refractivity contribution in [2.24, 2.45) is 0 Å². The van der Waals surface area contributed by atoms with Crippen molar-refractivity contribution in [3.63, 3.8) is 0 Å². The summed E-state index contributed by atoms with van der Waals surface area (Å²) in [4.78, 5) is 28.6. The van der Waals surface area contributed by atoms with E-state index in [1.807, 2.05) is 0 Å². The summed E-state index contributed by atoms with van der Waals surface area (Å²) < 4.78 is 10.7. The van der Waals surface area contributed by atoms with E-state index in [2.05, 4.69) is 0 Å². The molecule has 8 heteroatoms. The quantitative estimate of drug-likeness (QED) is 0.816. The van der Waals surface area contributed by atoms with Crippen molar-refractivity contribution >= 4 is 29.1 Å². The minimum absolute atomic E-state index is 0.0257. The molecule has 25 heavy (non-hydrogen) atoms. The first-order valence-electron chi connectivity index (χ1n) is 8.34. The fourth-order valence-electron chi connectivity index (χ4n) is 3.18. The average molecular weight is 368 g/mol. The van der Waals surface area contributed by atoms with Crippen molar-refractivity contribution < 1.29 is 19.1 Å². The molecule has 1 unspecified atom stereocenters. The second-order valence-corrected chi connectivity index (χ2v) is 6.60. The molecule has 136 valence electrons. The van der Waals surface area contributed by atoms with Gasteiger partial charge in [-0.3, -0.25) is 9.59 Å². The molecule has 2 fully saturated rings. The van der Waals surface area contributed by atoms with Gasteiger partial charge in [0.15, 0.2) is 0 Å². The Bertz CT molecular complexity index is 668. The second kappa shape index (κ2) is 7.49. The van der Waals surface area contributed by atoms with Crippen LogP contribution in [0.2, 0.25) is 5.02 Å². The third-order valence-corrected chi connectivity index (χ3v) is 4.96. The van der Waals surface area contributed by atoms with Gasteiger partial charge in [-0.25, -0.2) is 0 Å². The molecule has 2 amide bonds. The molecule has 1 aromatic carbocycles. The predicted molar refractivity (Wildman–Crippen MR) is 93.9 cm³/mol. The highest BCUT2D eigenvalue weighted by Crippen LogP contribution is 2.30. The van der Waals surface area contributed by atoms with Crippen LogP contribution in [0.15, 0.2) is 12.1 Å². The van der Waals surface area contributed by atoms with Crippen LogP contribution in [0.25, 0.3) is 0 Å². The summed E-state index contributed by atoms with van der Waals surface area (Å²) >= 11 is 6.05. The fraction of sp³-hybridized carbons (Fsp3) is 0.529. The van der Waals surface area contributed by atoms with E-state index in [-0.39, 0.29) is 17.9 Å². The molecule has 2 saturated heterocycles. The molecule has 3 rings (SSSR count). The van der Waals surface area contributed by atoms with E-state index in [0.29, 0.717) is 54.8 Å². The molecule has 2 aliphatic rings. The summed E-state index contributed by atoms with van der Waals surface area (Å²) in [6.45, 7) is 2.56. The molecule has 2 aliphatic heterocycles. The first-order valence-corrected chi connectivity index (χ1v) is 8.71. The summed E-state index contributed by atoms with van der Waals surface area (Å²) in [6.07, 6.45) is 1.38. The van der Waals surface area contributed by atoms with Crippen molar-refractivity contribution in [3.05, 3.63) is 22.7 Å². The van der Waals surface area contributed by atoms with Gasteiger partial charge in [0.1, 0.15) is 11.9 Å². The standard InChI is InChI=1S/C17H22ClN3O4/c1-24-15-10-13(19)12(18)9-11(15)16(22)20-4-6-21(7-5-20)17(23)14-3-2-8-25-14/h9-10,14H,2-8,19H2,1H3. The molecule has 0 aliphatic carbocycles. The number of ether oxygens (including phenoxy) is 2. The monoisotopic (exact) mass is 367 g/mol. The summed E-state index contributed by atoms with van der Waals surface area (Å²) in [7, 11) is 1.48. The number of amides is 2. The minimum atomic E-state index is -0.321. The minimum Gasteiger partial charge on any atom is -0.496 e. The van der Waals surface area contributed by atoms with Crippen LogP contribution in [-0.2, 0) is 9.53 Å². The molecule has 0 spiro atoms. The van der Waals surface area contributed by atoms with Gasteiger partial charge in [0.2, 0.25) is 0 Å². The maximum atomic E-state index is 12.8. The third kappa shape index (κ3) is 3.67. The first-order chi connectivity index (χ1) is 12.0. The number of piperazine rings is 1. The number of nitrogen functional groups attached to an aromatic ring is 1. The summed E-state index contributed by atoms with van der Waals surface area (Å²) in [5.41, 5.74) is 6.50. The Labute approximate surface area is 151 Å². The van der Waals surface area contributed by atoms with Crippen molar-refractivity contribution in [1.82, 2.24) is 9.80 Å². The Morgan fingerprint density at radius 1 is 1.24 bits per heavy atom. The molecule has 0 bridgehead atoms. The lowest BCUT2D eigenvalue weighted by atomic mass is 10.1. The zero-order valence-electron chi connectivity index (χ0n) is 14.2. The number of hydrogen-bond donors (Lipinski definition) is 1. The lowest BCUT2D eigenvalue weighted by molar-refractivity contribution is -0.142. The van der Waals surface area contributed by atoms with Gasteiger partial charge in [-0.2, -0.15) is 0 Å². The molecule has 2 heterocycles. The Balaban J connectivity index is 1.65. The lowest BCUT2D eigenvalue weighted by Gasteiger charge is -2.36. The molecule has 0 radical (unpaired) electrons. The van der Waals surface area contributed by atoms with Gasteiger partial charge in [0.05, 0.1) is 23.4 Å². The van der Waals surface area contributed by atoms with Crippen molar-refractivity contribution in [2.45, 2.75) is 18.9 Å². The number of rotatable bonds is 3. The number of carbonyl (C=O) groups is 2. The van der Waals surface area contributed by atoms with E-state index in [0.717, 1.165) is 12.8 Å². The summed E-state index contributed by atoms with van der Waals surface area (Å²) in [5.74, 6) is 0.241.